The molecule has 2 rings (SSSR count). The van der Waals surface area contributed by atoms with Gasteiger partial charge < -0.3 is 5.73 Å². The minimum atomic E-state index is -0.628. The van der Waals surface area contributed by atoms with Crippen LogP contribution in [0.3, 0.4) is 0 Å². The number of rotatable bonds is 3. The molecule has 0 radical (unpaired) electrons. The second-order valence-electron chi connectivity index (χ2n) is 4.13. The standard InChI is InChI=1S/C13H13F2N3/c1-8-6-17-13(18-7-8)12(16)5-9-10(14)3-2-4-11(9)15/h2-4,6-7,12H,5,16H2,1H3. The van der Waals surface area contributed by atoms with Crippen molar-refractivity contribution >= 4 is 0 Å². The first-order valence-electron chi connectivity index (χ1n) is 5.55. The van der Waals surface area contributed by atoms with Crippen molar-refractivity contribution in [2.24, 2.45) is 5.73 Å². The Bertz CT molecular complexity index is 520. The highest BCUT2D eigenvalue weighted by Gasteiger charge is 2.15. The summed E-state index contributed by atoms with van der Waals surface area (Å²) >= 11 is 0. The quantitative estimate of drug-likeness (QED) is 0.908. The smallest absolute Gasteiger partial charge is 0.145 e. The molecule has 5 heteroatoms. The fourth-order valence-corrected chi connectivity index (χ4v) is 1.63. The van der Waals surface area contributed by atoms with Gasteiger partial charge in [-0.1, -0.05) is 6.07 Å². The number of aromatic nitrogens is 2. The van der Waals surface area contributed by atoms with Crippen LogP contribution in [0.15, 0.2) is 30.6 Å². The molecule has 18 heavy (non-hydrogen) atoms. The van der Waals surface area contributed by atoms with Crippen molar-refractivity contribution in [3.05, 3.63) is 59.2 Å². The Labute approximate surface area is 104 Å². The van der Waals surface area contributed by atoms with Crippen molar-refractivity contribution in [1.82, 2.24) is 9.97 Å². The van der Waals surface area contributed by atoms with Crippen LogP contribution in [0.2, 0.25) is 0 Å². The van der Waals surface area contributed by atoms with Gasteiger partial charge in [0.25, 0.3) is 0 Å². The van der Waals surface area contributed by atoms with E-state index < -0.39 is 17.7 Å². The Balaban J connectivity index is 2.21. The van der Waals surface area contributed by atoms with E-state index in [4.69, 9.17) is 5.73 Å². The molecule has 0 spiro atoms. The number of nitrogens with two attached hydrogens (primary N) is 1. The van der Waals surface area contributed by atoms with Gasteiger partial charge in [-0.3, -0.25) is 0 Å². The van der Waals surface area contributed by atoms with Gasteiger partial charge in [0.1, 0.15) is 17.5 Å². The van der Waals surface area contributed by atoms with Crippen LogP contribution in [-0.4, -0.2) is 9.97 Å². The van der Waals surface area contributed by atoms with Crippen molar-refractivity contribution < 1.29 is 8.78 Å². The molecule has 0 amide bonds. The van der Waals surface area contributed by atoms with Crippen molar-refractivity contribution in [2.45, 2.75) is 19.4 Å². The molecule has 3 nitrogen and oxygen atoms in total. The zero-order valence-electron chi connectivity index (χ0n) is 9.90. The van der Waals surface area contributed by atoms with Crippen LogP contribution in [0.5, 0.6) is 0 Å². The van der Waals surface area contributed by atoms with Gasteiger partial charge in [0, 0.05) is 24.4 Å². The minimum Gasteiger partial charge on any atom is -0.321 e. The topological polar surface area (TPSA) is 51.8 Å². The molecule has 0 fully saturated rings. The third kappa shape index (κ3) is 2.68. The molecule has 0 aliphatic carbocycles. The highest BCUT2D eigenvalue weighted by Crippen LogP contribution is 2.18. The third-order valence-electron chi connectivity index (χ3n) is 2.62. The first kappa shape index (κ1) is 12.6. The number of hydrogen-bond acceptors (Lipinski definition) is 3. The summed E-state index contributed by atoms with van der Waals surface area (Å²) < 4.78 is 26.9. The Hall–Kier alpha value is -1.88. The van der Waals surface area contributed by atoms with Crippen molar-refractivity contribution in [3.63, 3.8) is 0 Å². The number of hydrogen-bond donors (Lipinski definition) is 1. The highest BCUT2D eigenvalue weighted by molar-refractivity contribution is 5.21. The molecule has 1 aromatic heterocycles. The van der Waals surface area contributed by atoms with Crippen LogP contribution in [0, 0.1) is 18.6 Å². The largest absolute Gasteiger partial charge is 0.321 e. The van der Waals surface area contributed by atoms with Crippen molar-refractivity contribution in [2.75, 3.05) is 0 Å². The second kappa shape index (κ2) is 5.18. The van der Waals surface area contributed by atoms with Crippen LogP contribution in [0.1, 0.15) is 23.0 Å². The summed E-state index contributed by atoms with van der Waals surface area (Å²) in [7, 11) is 0. The van der Waals surface area contributed by atoms with E-state index >= 15 is 0 Å². The molecule has 0 aliphatic heterocycles. The summed E-state index contributed by atoms with van der Waals surface area (Å²) in [5.74, 6) is -0.821. The Morgan fingerprint density at radius 3 is 2.28 bits per heavy atom. The molecule has 0 saturated heterocycles. The lowest BCUT2D eigenvalue weighted by atomic mass is 10.0. The Morgan fingerprint density at radius 1 is 1.17 bits per heavy atom. The van der Waals surface area contributed by atoms with Gasteiger partial charge in [0.05, 0.1) is 6.04 Å². The second-order valence-corrected chi connectivity index (χ2v) is 4.13. The van der Waals surface area contributed by atoms with Crippen LogP contribution in [-0.2, 0) is 6.42 Å². The molecule has 0 saturated carbocycles. The lowest BCUT2D eigenvalue weighted by Crippen LogP contribution is -2.18. The van der Waals surface area contributed by atoms with E-state index in [1.165, 1.54) is 18.2 Å². The number of benzene rings is 1. The zero-order chi connectivity index (χ0) is 13.1. The van der Waals surface area contributed by atoms with E-state index in [-0.39, 0.29) is 12.0 Å². The van der Waals surface area contributed by atoms with Crippen molar-refractivity contribution in [3.8, 4) is 0 Å². The molecule has 2 N–H and O–H groups in total. The van der Waals surface area contributed by atoms with Gasteiger partial charge in [-0.05, 0) is 24.6 Å². The minimum absolute atomic E-state index is 0.0293. The van der Waals surface area contributed by atoms with Gasteiger partial charge in [-0.25, -0.2) is 18.7 Å². The Morgan fingerprint density at radius 2 is 1.72 bits per heavy atom. The van der Waals surface area contributed by atoms with Gasteiger partial charge in [-0.15, -0.1) is 0 Å². The van der Waals surface area contributed by atoms with E-state index in [2.05, 4.69) is 9.97 Å². The van der Waals surface area contributed by atoms with Gasteiger partial charge in [-0.2, -0.15) is 0 Å². The molecule has 94 valence electrons. The molecule has 0 aliphatic rings. The predicted octanol–water partition coefficient (Wildman–Crippen LogP) is 2.31. The summed E-state index contributed by atoms with van der Waals surface area (Å²) in [5.41, 5.74) is 6.73. The maximum atomic E-state index is 13.5. The summed E-state index contributed by atoms with van der Waals surface area (Å²) in [6.45, 7) is 1.85. The molecular formula is C13H13F2N3. The Kier molecular flexibility index (Phi) is 3.62. The summed E-state index contributed by atoms with van der Waals surface area (Å²) in [6.07, 6.45) is 3.28. The van der Waals surface area contributed by atoms with E-state index in [1.807, 2.05) is 6.92 Å². The van der Waals surface area contributed by atoms with Gasteiger partial charge in [0.2, 0.25) is 0 Å². The first-order chi connectivity index (χ1) is 8.58. The highest BCUT2D eigenvalue weighted by atomic mass is 19.1. The van der Waals surface area contributed by atoms with Crippen LogP contribution in [0.4, 0.5) is 8.78 Å². The molecular weight excluding hydrogens is 236 g/mol. The van der Waals surface area contributed by atoms with Crippen LogP contribution < -0.4 is 5.73 Å². The fourth-order valence-electron chi connectivity index (χ4n) is 1.63. The molecule has 1 heterocycles. The third-order valence-corrected chi connectivity index (χ3v) is 2.62. The molecule has 0 bridgehead atoms. The predicted molar refractivity (Wildman–Crippen MR) is 63.8 cm³/mol. The number of aryl methyl sites for hydroxylation is 1. The molecule has 2 aromatic rings. The maximum absolute atomic E-state index is 13.5. The average Bonchev–Trinajstić information content (AvgIpc) is 2.34. The average molecular weight is 249 g/mol. The van der Waals surface area contributed by atoms with Crippen LogP contribution >= 0.6 is 0 Å². The number of nitrogens with zero attached hydrogens (tertiary/aromatic N) is 2. The lowest BCUT2D eigenvalue weighted by Gasteiger charge is -2.11. The van der Waals surface area contributed by atoms with Gasteiger partial charge in [0.15, 0.2) is 0 Å². The molecule has 1 atom stereocenters. The maximum Gasteiger partial charge on any atom is 0.145 e. The lowest BCUT2D eigenvalue weighted by molar-refractivity contribution is 0.534. The summed E-state index contributed by atoms with van der Waals surface area (Å²) in [5, 5.41) is 0. The van der Waals surface area contributed by atoms with Crippen molar-refractivity contribution in [1.29, 1.82) is 0 Å². The van der Waals surface area contributed by atoms with Gasteiger partial charge >= 0.3 is 0 Å². The van der Waals surface area contributed by atoms with E-state index in [9.17, 15) is 8.78 Å². The normalized spacial score (nSPS) is 12.4. The molecule has 1 unspecified atom stereocenters. The van der Waals surface area contributed by atoms with E-state index in [0.717, 1.165) is 5.56 Å². The van der Waals surface area contributed by atoms with Crippen LogP contribution in [0.25, 0.3) is 0 Å². The molecule has 1 aromatic carbocycles. The number of halogens is 2. The van der Waals surface area contributed by atoms with E-state index in [1.54, 1.807) is 12.4 Å². The zero-order valence-corrected chi connectivity index (χ0v) is 9.90. The SMILES string of the molecule is Cc1cnc(C(N)Cc2c(F)cccc2F)nc1. The summed E-state index contributed by atoms with van der Waals surface area (Å²) in [6, 6.07) is 3.11. The first-order valence-corrected chi connectivity index (χ1v) is 5.55. The monoisotopic (exact) mass is 249 g/mol. The summed E-state index contributed by atoms with van der Waals surface area (Å²) in [4.78, 5) is 8.11. The fraction of sp³-hybridized carbons (Fsp3) is 0.231. The van der Waals surface area contributed by atoms with E-state index in [0.29, 0.717) is 5.82 Å².